The number of nitrogens with zero attached hydrogens (tertiary/aromatic N) is 1. The molecule has 0 atom stereocenters. The first kappa shape index (κ1) is 13.3. The van der Waals surface area contributed by atoms with Crippen LogP contribution in [0.3, 0.4) is 0 Å². The summed E-state index contributed by atoms with van der Waals surface area (Å²) in [6, 6.07) is 9.11. The van der Waals surface area contributed by atoms with Crippen LogP contribution in [0.15, 0.2) is 30.3 Å². The molecule has 0 aliphatic heterocycles. The van der Waals surface area contributed by atoms with E-state index in [2.05, 4.69) is 10.3 Å². The molecule has 5 nitrogen and oxygen atoms in total. The number of nitrogen functional groups attached to an aromatic ring is 1. The van der Waals surface area contributed by atoms with Crippen molar-refractivity contribution in [1.29, 1.82) is 0 Å². The van der Waals surface area contributed by atoms with Crippen LogP contribution in [0.1, 0.15) is 23.3 Å². The summed E-state index contributed by atoms with van der Waals surface area (Å²) in [5.74, 6) is -0.200. The summed E-state index contributed by atoms with van der Waals surface area (Å²) in [6.45, 7) is 1.24. The molecule has 0 aliphatic rings. The fourth-order valence-corrected chi connectivity index (χ4v) is 1.88. The number of pyridine rings is 1. The first-order valence-electron chi connectivity index (χ1n) is 6.36. The Labute approximate surface area is 112 Å². The Bertz CT molecular complexity index is 583. The second-order valence-corrected chi connectivity index (χ2v) is 4.37. The van der Waals surface area contributed by atoms with Crippen molar-refractivity contribution in [3.8, 4) is 0 Å². The highest BCUT2D eigenvalue weighted by atomic mass is 16.1. The third-order valence-electron chi connectivity index (χ3n) is 2.90. The normalized spacial score (nSPS) is 10.6. The second kappa shape index (κ2) is 6.15. The number of hydrogen-bond donors (Lipinski definition) is 3. The highest BCUT2D eigenvalue weighted by Crippen LogP contribution is 2.19. The minimum absolute atomic E-state index is 0.200. The Morgan fingerprint density at radius 1 is 1.26 bits per heavy atom. The van der Waals surface area contributed by atoms with Gasteiger partial charge in [-0.25, -0.2) is 4.98 Å². The Hall–Kier alpha value is -2.14. The third kappa shape index (κ3) is 3.20. The topological polar surface area (TPSA) is 94.0 Å². The maximum Gasteiger partial charge on any atom is 0.269 e. The molecule has 0 spiro atoms. The maximum atomic E-state index is 11.9. The van der Waals surface area contributed by atoms with Gasteiger partial charge in [0.1, 0.15) is 5.69 Å². The number of nitrogens with one attached hydrogen (secondary N) is 1. The molecule has 0 aliphatic carbocycles. The van der Waals surface area contributed by atoms with E-state index in [0.29, 0.717) is 24.5 Å². The molecule has 1 heterocycles. The van der Waals surface area contributed by atoms with Crippen LogP contribution in [0.2, 0.25) is 0 Å². The number of anilines is 1. The number of amides is 1. The average molecular weight is 258 g/mol. The van der Waals surface area contributed by atoms with Gasteiger partial charge in [0.25, 0.3) is 5.91 Å². The number of fused-ring (bicyclic) bond motifs is 1. The minimum atomic E-state index is -0.200. The van der Waals surface area contributed by atoms with Crippen molar-refractivity contribution < 1.29 is 4.79 Å². The van der Waals surface area contributed by atoms with Crippen molar-refractivity contribution in [2.75, 3.05) is 18.8 Å². The molecule has 0 unspecified atom stereocenters. The molecular weight excluding hydrogens is 240 g/mol. The fraction of sp³-hybridized carbons (Fsp3) is 0.286. The SMILES string of the molecule is NCCCCNC(=O)c1cc(N)c2ccccc2n1. The predicted octanol–water partition coefficient (Wildman–Crippen LogP) is 1.29. The van der Waals surface area contributed by atoms with Gasteiger partial charge in [-0.2, -0.15) is 0 Å². The zero-order chi connectivity index (χ0) is 13.7. The van der Waals surface area contributed by atoms with Crippen molar-refractivity contribution in [2.24, 2.45) is 5.73 Å². The number of benzene rings is 1. The van der Waals surface area contributed by atoms with E-state index in [0.717, 1.165) is 23.7 Å². The lowest BCUT2D eigenvalue weighted by Crippen LogP contribution is -2.26. The number of carbonyl (C=O) groups excluding carboxylic acids is 1. The molecule has 5 heteroatoms. The molecule has 2 rings (SSSR count). The van der Waals surface area contributed by atoms with Crippen molar-refractivity contribution in [3.05, 3.63) is 36.0 Å². The Morgan fingerprint density at radius 3 is 2.84 bits per heavy atom. The average Bonchev–Trinajstić information content (AvgIpc) is 2.43. The molecule has 19 heavy (non-hydrogen) atoms. The predicted molar refractivity (Wildman–Crippen MR) is 76.8 cm³/mol. The van der Waals surface area contributed by atoms with Crippen LogP contribution in [-0.2, 0) is 0 Å². The number of unbranched alkanes of at least 4 members (excludes halogenated alkanes) is 1. The largest absolute Gasteiger partial charge is 0.398 e. The second-order valence-electron chi connectivity index (χ2n) is 4.37. The summed E-state index contributed by atoms with van der Waals surface area (Å²) in [5, 5.41) is 3.68. The minimum Gasteiger partial charge on any atom is -0.398 e. The summed E-state index contributed by atoms with van der Waals surface area (Å²) in [6.07, 6.45) is 1.76. The molecule has 0 radical (unpaired) electrons. The lowest BCUT2D eigenvalue weighted by molar-refractivity contribution is 0.0948. The molecule has 1 aromatic heterocycles. The van der Waals surface area contributed by atoms with Crippen LogP contribution < -0.4 is 16.8 Å². The van der Waals surface area contributed by atoms with E-state index < -0.39 is 0 Å². The first-order valence-corrected chi connectivity index (χ1v) is 6.36. The Morgan fingerprint density at radius 2 is 2.05 bits per heavy atom. The Balaban J connectivity index is 2.14. The van der Waals surface area contributed by atoms with E-state index >= 15 is 0 Å². The number of carbonyl (C=O) groups is 1. The van der Waals surface area contributed by atoms with Crippen molar-refractivity contribution in [1.82, 2.24) is 10.3 Å². The van der Waals surface area contributed by atoms with Gasteiger partial charge >= 0.3 is 0 Å². The third-order valence-corrected chi connectivity index (χ3v) is 2.90. The number of aromatic nitrogens is 1. The number of hydrogen-bond acceptors (Lipinski definition) is 4. The molecule has 2 aromatic rings. The van der Waals surface area contributed by atoms with Crippen LogP contribution in [-0.4, -0.2) is 24.0 Å². The van der Waals surface area contributed by atoms with E-state index in [1.807, 2.05) is 24.3 Å². The molecule has 100 valence electrons. The molecule has 5 N–H and O–H groups in total. The van der Waals surface area contributed by atoms with E-state index in [1.165, 1.54) is 0 Å². The van der Waals surface area contributed by atoms with Gasteiger partial charge in [0.15, 0.2) is 0 Å². The highest BCUT2D eigenvalue weighted by molar-refractivity contribution is 5.99. The van der Waals surface area contributed by atoms with Gasteiger partial charge in [-0.05, 0) is 31.5 Å². The van der Waals surface area contributed by atoms with E-state index in [4.69, 9.17) is 11.5 Å². The van der Waals surface area contributed by atoms with Crippen LogP contribution in [0.5, 0.6) is 0 Å². The molecule has 0 fully saturated rings. The van der Waals surface area contributed by atoms with Crippen LogP contribution >= 0.6 is 0 Å². The van der Waals surface area contributed by atoms with E-state index in [9.17, 15) is 4.79 Å². The molecule has 1 aromatic carbocycles. The van der Waals surface area contributed by atoms with E-state index in [-0.39, 0.29) is 5.91 Å². The van der Waals surface area contributed by atoms with Gasteiger partial charge in [0.2, 0.25) is 0 Å². The summed E-state index contributed by atoms with van der Waals surface area (Å²) < 4.78 is 0. The summed E-state index contributed by atoms with van der Waals surface area (Å²) >= 11 is 0. The van der Waals surface area contributed by atoms with Gasteiger partial charge in [-0.1, -0.05) is 18.2 Å². The van der Waals surface area contributed by atoms with Crippen LogP contribution in [0.25, 0.3) is 10.9 Å². The highest BCUT2D eigenvalue weighted by Gasteiger charge is 2.09. The summed E-state index contributed by atoms with van der Waals surface area (Å²) in [7, 11) is 0. The number of nitrogens with two attached hydrogens (primary N) is 2. The van der Waals surface area contributed by atoms with Crippen molar-refractivity contribution in [3.63, 3.8) is 0 Å². The monoisotopic (exact) mass is 258 g/mol. The quantitative estimate of drug-likeness (QED) is 0.704. The van der Waals surface area contributed by atoms with E-state index in [1.54, 1.807) is 6.07 Å². The first-order chi connectivity index (χ1) is 9.22. The van der Waals surface area contributed by atoms with Gasteiger partial charge in [-0.3, -0.25) is 4.79 Å². The maximum absolute atomic E-state index is 11.9. The van der Waals surface area contributed by atoms with Gasteiger partial charge < -0.3 is 16.8 Å². The van der Waals surface area contributed by atoms with Crippen molar-refractivity contribution >= 4 is 22.5 Å². The van der Waals surface area contributed by atoms with Crippen LogP contribution in [0, 0.1) is 0 Å². The zero-order valence-electron chi connectivity index (χ0n) is 10.7. The molecule has 1 amide bonds. The van der Waals surface area contributed by atoms with Gasteiger partial charge in [-0.15, -0.1) is 0 Å². The smallest absolute Gasteiger partial charge is 0.269 e. The standard InChI is InChI=1S/C14H18N4O/c15-7-3-4-8-17-14(19)13-9-11(16)10-5-1-2-6-12(10)18-13/h1-2,5-6,9H,3-4,7-8,15H2,(H2,16,18)(H,17,19). The zero-order valence-corrected chi connectivity index (χ0v) is 10.7. The number of para-hydroxylation sites is 1. The van der Waals surface area contributed by atoms with Crippen LogP contribution in [0.4, 0.5) is 5.69 Å². The lowest BCUT2D eigenvalue weighted by atomic mass is 10.1. The summed E-state index contributed by atoms with van der Waals surface area (Å²) in [4.78, 5) is 16.3. The Kier molecular flexibility index (Phi) is 4.30. The van der Waals surface area contributed by atoms with Crippen molar-refractivity contribution in [2.45, 2.75) is 12.8 Å². The van der Waals surface area contributed by atoms with Gasteiger partial charge in [0.05, 0.1) is 5.52 Å². The fourth-order valence-electron chi connectivity index (χ4n) is 1.88. The molecular formula is C14H18N4O. The summed E-state index contributed by atoms with van der Waals surface area (Å²) in [5.41, 5.74) is 13.0. The molecule has 0 bridgehead atoms. The number of rotatable bonds is 5. The molecule has 0 saturated heterocycles. The van der Waals surface area contributed by atoms with Gasteiger partial charge in [0, 0.05) is 17.6 Å². The lowest BCUT2D eigenvalue weighted by Gasteiger charge is -2.07. The molecule has 0 saturated carbocycles.